The molecular formula is C15H20BrFO. The standard InChI is InChI=1S/C15H20BrFO/c1-3-5-12(6-4-2)15(18)9-11-7-13(16)10-14(17)8-11/h7-8,10,12H,3-6,9H2,1-2H3. The zero-order valence-electron chi connectivity index (χ0n) is 11.0. The quantitative estimate of drug-likeness (QED) is 0.698. The predicted octanol–water partition coefficient (Wildman–Crippen LogP) is 4.92. The molecule has 3 heteroatoms. The van der Waals surface area contributed by atoms with Gasteiger partial charge in [-0.3, -0.25) is 4.79 Å². The van der Waals surface area contributed by atoms with Crippen LogP contribution in [0.5, 0.6) is 0 Å². The summed E-state index contributed by atoms with van der Waals surface area (Å²) in [6.07, 6.45) is 4.24. The monoisotopic (exact) mass is 314 g/mol. The lowest BCUT2D eigenvalue weighted by Gasteiger charge is -2.14. The minimum atomic E-state index is -0.297. The van der Waals surface area contributed by atoms with E-state index in [-0.39, 0.29) is 17.5 Å². The van der Waals surface area contributed by atoms with Crippen molar-refractivity contribution < 1.29 is 9.18 Å². The van der Waals surface area contributed by atoms with Gasteiger partial charge in [0.2, 0.25) is 0 Å². The number of halogens is 2. The Morgan fingerprint density at radius 1 is 1.22 bits per heavy atom. The minimum absolute atomic E-state index is 0.127. The Bertz CT molecular complexity index is 377. The summed E-state index contributed by atoms with van der Waals surface area (Å²) in [5.74, 6) is 0.0629. The molecule has 18 heavy (non-hydrogen) atoms. The second-order valence-electron chi connectivity index (χ2n) is 4.70. The van der Waals surface area contributed by atoms with Crippen molar-refractivity contribution in [1.82, 2.24) is 0 Å². The van der Waals surface area contributed by atoms with Gasteiger partial charge in [0.15, 0.2) is 0 Å². The third-order valence-electron chi connectivity index (χ3n) is 3.03. The van der Waals surface area contributed by atoms with Gasteiger partial charge in [-0.25, -0.2) is 4.39 Å². The number of hydrogen-bond donors (Lipinski definition) is 0. The summed E-state index contributed by atoms with van der Waals surface area (Å²) < 4.78 is 13.9. The summed E-state index contributed by atoms with van der Waals surface area (Å²) in [6, 6.07) is 4.66. The fourth-order valence-electron chi connectivity index (χ4n) is 2.22. The van der Waals surface area contributed by atoms with Gasteiger partial charge in [-0.05, 0) is 36.6 Å². The van der Waals surface area contributed by atoms with Crippen LogP contribution in [0.3, 0.4) is 0 Å². The topological polar surface area (TPSA) is 17.1 Å². The molecule has 100 valence electrons. The van der Waals surface area contributed by atoms with E-state index in [4.69, 9.17) is 0 Å². The highest BCUT2D eigenvalue weighted by Gasteiger charge is 2.17. The maximum absolute atomic E-state index is 13.2. The van der Waals surface area contributed by atoms with E-state index >= 15 is 0 Å². The lowest BCUT2D eigenvalue weighted by molar-refractivity contribution is -0.122. The summed E-state index contributed by atoms with van der Waals surface area (Å²) in [5, 5.41) is 0. The van der Waals surface area contributed by atoms with Gasteiger partial charge in [0.05, 0.1) is 0 Å². The molecule has 0 aliphatic rings. The van der Waals surface area contributed by atoms with Gasteiger partial charge in [-0.2, -0.15) is 0 Å². The number of Topliss-reactive ketones (excluding diaryl/α,β-unsaturated/α-hetero) is 1. The van der Waals surface area contributed by atoms with Gasteiger partial charge in [0, 0.05) is 16.8 Å². The van der Waals surface area contributed by atoms with Crippen LogP contribution in [0.2, 0.25) is 0 Å². The van der Waals surface area contributed by atoms with Crippen molar-refractivity contribution in [2.75, 3.05) is 0 Å². The molecule has 0 N–H and O–H groups in total. The molecule has 1 aromatic rings. The van der Waals surface area contributed by atoms with Crippen molar-refractivity contribution in [3.63, 3.8) is 0 Å². The molecule has 1 rings (SSSR count). The molecule has 0 atom stereocenters. The fourth-order valence-corrected chi connectivity index (χ4v) is 2.73. The van der Waals surface area contributed by atoms with E-state index in [0.717, 1.165) is 31.2 Å². The Hall–Kier alpha value is -0.700. The van der Waals surface area contributed by atoms with Crippen LogP contribution in [0.4, 0.5) is 4.39 Å². The lowest BCUT2D eigenvalue weighted by Crippen LogP contribution is -2.16. The maximum atomic E-state index is 13.2. The number of hydrogen-bond acceptors (Lipinski definition) is 1. The Morgan fingerprint density at radius 3 is 2.33 bits per heavy atom. The SMILES string of the molecule is CCCC(CCC)C(=O)Cc1cc(F)cc(Br)c1. The van der Waals surface area contributed by atoms with E-state index in [1.165, 1.54) is 12.1 Å². The summed E-state index contributed by atoms with van der Waals surface area (Å²) in [6.45, 7) is 4.18. The summed E-state index contributed by atoms with van der Waals surface area (Å²) in [4.78, 5) is 12.2. The predicted molar refractivity (Wildman–Crippen MR) is 76.1 cm³/mol. The third-order valence-corrected chi connectivity index (χ3v) is 3.49. The van der Waals surface area contributed by atoms with E-state index in [2.05, 4.69) is 29.8 Å². The van der Waals surface area contributed by atoms with Gasteiger partial charge >= 0.3 is 0 Å². The zero-order valence-corrected chi connectivity index (χ0v) is 12.6. The van der Waals surface area contributed by atoms with Crippen molar-refractivity contribution >= 4 is 21.7 Å². The first-order valence-corrected chi connectivity index (χ1v) is 7.33. The Balaban J connectivity index is 2.72. The van der Waals surface area contributed by atoms with Crippen LogP contribution in [0.15, 0.2) is 22.7 Å². The third kappa shape index (κ3) is 4.89. The molecule has 0 aromatic heterocycles. The maximum Gasteiger partial charge on any atom is 0.140 e. The van der Waals surface area contributed by atoms with E-state index in [1.54, 1.807) is 0 Å². The number of carbonyl (C=O) groups is 1. The van der Waals surface area contributed by atoms with Crippen LogP contribution < -0.4 is 0 Å². The summed E-state index contributed by atoms with van der Waals surface area (Å²) >= 11 is 3.25. The van der Waals surface area contributed by atoms with Gasteiger partial charge in [-0.1, -0.05) is 42.6 Å². The molecular weight excluding hydrogens is 295 g/mol. The molecule has 1 aromatic carbocycles. The zero-order chi connectivity index (χ0) is 13.5. The largest absolute Gasteiger partial charge is 0.299 e. The molecule has 1 nitrogen and oxygen atoms in total. The molecule has 0 heterocycles. The molecule has 0 radical (unpaired) electrons. The van der Waals surface area contributed by atoms with Crippen LogP contribution >= 0.6 is 15.9 Å². The van der Waals surface area contributed by atoms with Crippen LogP contribution in [0.25, 0.3) is 0 Å². The van der Waals surface area contributed by atoms with Gasteiger partial charge < -0.3 is 0 Å². The number of ketones is 1. The first-order valence-electron chi connectivity index (χ1n) is 6.54. The number of carbonyl (C=O) groups excluding carboxylic acids is 1. The molecule has 0 aliphatic heterocycles. The summed E-state index contributed by atoms with van der Waals surface area (Å²) in [5.41, 5.74) is 0.754. The molecule has 0 fully saturated rings. The highest BCUT2D eigenvalue weighted by atomic mass is 79.9. The highest BCUT2D eigenvalue weighted by Crippen LogP contribution is 2.20. The lowest BCUT2D eigenvalue weighted by atomic mass is 9.90. The van der Waals surface area contributed by atoms with Crippen molar-refractivity contribution in [1.29, 1.82) is 0 Å². The second kappa shape index (κ2) is 7.67. The van der Waals surface area contributed by atoms with Crippen LogP contribution in [-0.2, 0) is 11.2 Å². The van der Waals surface area contributed by atoms with Crippen molar-refractivity contribution in [2.45, 2.75) is 46.0 Å². The second-order valence-corrected chi connectivity index (χ2v) is 5.61. The molecule has 0 unspecified atom stereocenters. The van der Waals surface area contributed by atoms with Gasteiger partial charge in [-0.15, -0.1) is 0 Å². The van der Waals surface area contributed by atoms with Crippen LogP contribution in [-0.4, -0.2) is 5.78 Å². The average molecular weight is 315 g/mol. The summed E-state index contributed by atoms with van der Waals surface area (Å²) in [7, 11) is 0. The fraction of sp³-hybridized carbons (Fsp3) is 0.533. The van der Waals surface area contributed by atoms with E-state index in [1.807, 2.05) is 6.07 Å². The first-order chi connectivity index (χ1) is 8.56. The van der Waals surface area contributed by atoms with Crippen LogP contribution in [0.1, 0.15) is 45.1 Å². The molecule has 0 saturated heterocycles. The normalized spacial score (nSPS) is 10.9. The van der Waals surface area contributed by atoms with E-state index < -0.39 is 0 Å². The minimum Gasteiger partial charge on any atom is -0.299 e. The Kier molecular flexibility index (Phi) is 6.55. The highest BCUT2D eigenvalue weighted by molar-refractivity contribution is 9.10. The van der Waals surface area contributed by atoms with E-state index in [9.17, 15) is 9.18 Å². The Labute approximate surface area is 117 Å². The van der Waals surface area contributed by atoms with Crippen molar-refractivity contribution in [3.8, 4) is 0 Å². The van der Waals surface area contributed by atoms with E-state index in [0.29, 0.717) is 10.9 Å². The molecule has 0 saturated carbocycles. The van der Waals surface area contributed by atoms with Gasteiger partial charge in [0.25, 0.3) is 0 Å². The molecule has 0 bridgehead atoms. The first kappa shape index (κ1) is 15.4. The molecule has 0 aliphatic carbocycles. The molecule has 0 amide bonds. The van der Waals surface area contributed by atoms with Crippen LogP contribution in [0, 0.1) is 11.7 Å². The van der Waals surface area contributed by atoms with Gasteiger partial charge in [0.1, 0.15) is 11.6 Å². The Morgan fingerprint density at radius 2 is 1.83 bits per heavy atom. The number of benzene rings is 1. The van der Waals surface area contributed by atoms with Crippen molar-refractivity contribution in [2.24, 2.45) is 5.92 Å². The average Bonchev–Trinajstić information content (AvgIpc) is 2.27. The smallest absolute Gasteiger partial charge is 0.140 e. The molecule has 0 spiro atoms. The number of rotatable bonds is 7. The van der Waals surface area contributed by atoms with Crippen molar-refractivity contribution in [3.05, 3.63) is 34.1 Å².